The lowest BCUT2D eigenvalue weighted by molar-refractivity contribution is 0.390. The molecule has 0 fully saturated rings. The second-order valence-corrected chi connectivity index (χ2v) is 5.03. The fourth-order valence-corrected chi connectivity index (χ4v) is 2.23. The zero-order valence-electron chi connectivity index (χ0n) is 11.6. The van der Waals surface area contributed by atoms with Crippen molar-refractivity contribution in [1.82, 2.24) is 5.32 Å². The number of hydrogen-bond acceptors (Lipinski definition) is 2. The van der Waals surface area contributed by atoms with Crippen LogP contribution in [0.2, 0.25) is 0 Å². The minimum Gasteiger partial charge on any atom is -0.468 e. The van der Waals surface area contributed by atoms with Gasteiger partial charge in [0.15, 0.2) is 0 Å². The van der Waals surface area contributed by atoms with E-state index in [0.717, 1.165) is 12.2 Å². The monoisotopic (exact) mass is 255 g/mol. The molecule has 0 aliphatic carbocycles. The van der Waals surface area contributed by atoms with E-state index < -0.39 is 0 Å². The Bertz CT molecular complexity index is 501. The van der Waals surface area contributed by atoms with Crippen LogP contribution in [0.15, 0.2) is 65.3 Å². The standard InChI is InChI=1S/C17H21NO/c1-13(2)12-16(15-8-5-4-6-9-15)18-14(3)17-10-7-11-19-17/h4-11,14,16,18H,1,12H2,2-3H3/t14-,16-/m1/s1. The molecule has 2 aromatic rings. The Hall–Kier alpha value is -1.80. The van der Waals surface area contributed by atoms with Gasteiger partial charge >= 0.3 is 0 Å². The first-order chi connectivity index (χ1) is 9.16. The lowest BCUT2D eigenvalue weighted by atomic mass is 9.99. The molecule has 0 radical (unpaired) electrons. The van der Waals surface area contributed by atoms with E-state index in [4.69, 9.17) is 4.42 Å². The van der Waals surface area contributed by atoms with Crippen molar-refractivity contribution in [3.8, 4) is 0 Å². The van der Waals surface area contributed by atoms with Crippen molar-refractivity contribution in [2.24, 2.45) is 0 Å². The van der Waals surface area contributed by atoms with Crippen LogP contribution in [0.3, 0.4) is 0 Å². The molecule has 1 aromatic heterocycles. The molecule has 0 saturated heterocycles. The SMILES string of the molecule is C=C(C)C[C@@H](N[C@H](C)c1ccco1)c1ccccc1. The van der Waals surface area contributed by atoms with Crippen molar-refractivity contribution in [3.05, 3.63) is 72.2 Å². The molecule has 2 rings (SSSR count). The highest BCUT2D eigenvalue weighted by molar-refractivity contribution is 5.21. The summed E-state index contributed by atoms with van der Waals surface area (Å²) in [6, 6.07) is 14.8. The molecule has 1 heterocycles. The highest BCUT2D eigenvalue weighted by Gasteiger charge is 2.16. The van der Waals surface area contributed by atoms with Gasteiger partial charge in [0.25, 0.3) is 0 Å². The predicted octanol–water partition coefficient (Wildman–Crippen LogP) is 4.64. The average Bonchev–Trinajstić information content (AvgIpc) is 2.92. The maximum Gasteiger partial charge on any atom is 0.120 e. The number of furan rings is 1. The molecule has 2 nitrogen and oxygen atoms in total. The summed E-state index contributed by atoms with van der Waals surface area (Å²) in [6.45, 7) is 8.21. The molecule has 0 unspecified atom stereocenters. The van der Waals surface area contributed by atoms with Crippen molar-refractivity contribution in [2.45, 2.75) is 32.4 Å². The van der Waals surface area contributed by atoms with Gasteiger partial charge in [-0.2, -0.15) is 0 Å². The number of benzene rings is 1. The number of nitrogens with one attached hydrogen (secondary N) is 1. The van der Waals surface area contributed by atoms with Gasteiger partial charge in [-0.1, -0.05) is 35.9 Å². The van der Waals surface area contributed by atoms with Gasteiger partial charge in [0.2, 0.25) is 0 Å². The van der Waals surface area contributed by atoms with Crippen LogP contribution in [-0.2, 0) is 0 Å². The third-order valence-electron chi connectivity index (χ3n) is 3.18. The third-order valence-corrected chi connectivity index (χ3v) is 3.18. The molecule has 1 aromatic carbocycles. The van der Waals surface area contributed by atoms with Gasteiger partial charge in [-0.3, -0.25) is 0 Å². The summed E-state index contributed by atoms with van der Waals surface area (Å²) in [5, 5.41) is 3.61. The molecule has 2 heteroatoms. The highest BCUT2D eigenvalue weighted by Crippen LogP contribution is 2.24. The first-order valence-electron chi connectivity index (χ1n) is 6.65. The molecule has 0 amide bonds. The Morgan fingerprint density at radius 3 is 2.53 bits per heavy atom. The summed E-state index contributed by atoms with van der Waals surface area (Å²) in [6.07, 6.45) is 2.64. The van der Waals surface area contributed by atoms with Crippen LogP contribution >= 0.6 is 0 Å². The van der Waals surface area contributed by atoms with E-state index in [1.54, 1.807) is 6.26 Å². The van der Waals surface area contributed by atoms with Gasteiger partial charge < -0.3 is 9.73 Å². The minimum atomic E-state index is 0.180. The summed E-state index contributed by atoms with van der Waals surface area (Å²) in [7, 11) is 0. The summed E-state index contributed by atoms with van der Waals surface area (Å²) >= 11 is 0. The molecule has 2 atom stereocenters. The molecule has 0 aliphatic rings. The van der Waals surface area contributed by atoms with Crippen molar-refractivity contribution < 1.29 is 4.42 Å². The number of hydrogen-bond donors (Lipinski definition) is 1. The molecule has 0 aliphatic heterocycles. The van der Waals surface area contributed by atoms with Crippen LogP contribution < -0.4 is 5.32 Å². The molecule has 100 valence electrons. The molecule has 0 spiro atoms. The van der Waals surface area contributed by atoms with Gasteiger partial charge in [-0.05, 0) is 38.0 Å². The van der Waals surface area contributed by atoms with Crippen LogP contribution in [0.1, 0.15) is 43.7 Å². The normalized spacial score (nSPS) is 14.0. The van der Waals surface area contributed by atoms with Gasteiger partial charge in [0.1, 0.15) is 5.76 Å². The lowest BCUT2D eigenvalue weighted by Crippen LogP contribution is -2.24. The van der Waals surface area contributed by atoms with E-state index in [-0.39, 0.29) is 12.1 Å². The topological polar surface area (TPSA) is 25.2 Å². The minimum absolute atomic E-state index is 0.180. The molecule has 0 saturated carbocycles. The van der Waals surface area contributed by atoms with Crippen LogP contribution in [0.4, 0.5) is 0 Å². The van der Waals surface area contributed by atoms with Gasteiger partial charge in [0.05, 0.1) is 12.3 Å². The van der Waals surface area contributed by atoms with Crippen LogP contribution in [0, 0.1) is 0 Å². The Balaban J connectivity index is 2.12. The Kier molecular flexibility index (Phi) is 4.58. The van der Waals surface area contributed by atoms with E-state index in [0.29, 0.717) is 0 Å². The largest absolute Gasteiger partial charge is 0.468 e. The zero-order valence-corrected chi connectivity index (χ0v) is 11.6. The molecule has 1 N–H and O–H groups in total. The molecular formula is C17H21NO. The maximum absolute atomic E-state index is 5.45. The van der Waals surface area contributed by atoms with Crippen LogP contribution in [-0.4, -0.2) is 0 Å². The van der Waals surface area contributed by atoms with Crippen molar-refractivity contribution in [3.63, 3.8) is 0 Å². The first kappa shape index (κ1) is 13.6. The Morgan fingerprint density at radius 1 is 1.21 bits per heavy atom. The zero-order chi connectivity index (χ0) is 13.7. The third kappa shape index (κ3) is 3.83. The van der Waals surface area contributed by atoms with E-state index in [1.165, 1.54) is 11.1 Å². The summed E-state index contributed by atoms with van der Waals surface area (Å²) < 4.78 is 5.45. The van der Waals surface area contributed by atoms with Crippen LogP contribution in [0.25, 0.3) is 0 Å². The van der Waals surface area contributed by atoms with Gasteiger partial charge in [-0.15, -0.1) is 6.58 Å². The lowest BCUT2D eigenvalue weighted by Gasteiger charge is -2.23. The van der Waals surface area contributed by atoms with E-state index in [2.05, 4.69) is 50.0 Å². The predicted molar refractivity (Wildman–Crippen MR) is 78.9 cm³/mol. The first-order valence-corrected chi connectivity index (χ1v) is 6.65. The van der Waals surface area contributed by atoms with E-state index in [9.17, 15) is 0 Å². The maximum atomic E-state index is 5.45. The number of rotatable bonds is 6. The molecular weight excluding hydrogens is 234 g/mol. The van der Waals surface area contributed by atoms with Crippen molar-refractivity contribution in [1.29, 1.82) is 0 Å². The summed E-state index contributed by atoms with van der Waals surface area (Å²) in [5.41, 5.74) is 2.46. The molecule has 19 heavy (non-hydrogen) atoms. The highest BCUT2D eigenvalue weighted by atomic mass is 16.3. The van der Waals surface area contributed by atoms with Gasteiger partial charge in [-0.25, -0.2) is 0 Å². The Labute approximate surface area is 115 Å². The van der Waals surface area contributed by atoms with E-state index >= 15 is 0 Å². The second-order valence-electron chi connectivity index (χ2n) is 5.03. The smallest absolute Gasteiger partial charge is 0.120 e. The second kappa shape index (κ2) is 6.39. The summed E-state index contributed by atoms with van der Waals surface area (Å²) in [5.74, 6) is 0.961. The molecule has 0 bridgehead atoms. The summed E-state index contributed by atoms with van der Waals surface area (Å²) in [4.78, 5) is 0. The average molecular weight is 255 g/mol. The van der Waals surface area contributed by atoms with E-state index in [1.807, 2.05) is 18.2 Å². The Morgan fingerprint density at radius 2 is 1.95 bits per heavy atom. The van der Waals surface area contributed by atoms with Crippen LogP contribution in [0.5, 0.6) is 0 Å². The fraction of sp³-hybridized carbons (Fsp3) is 0.294. The quantitative estimate of drug-likeness (QED) is 0.761. The van der Waals surface area contributed by atoms with Crippen molar-refractivity contribution >= 4 is 0 Å². The van der Waals surface area contributed by atoms with Crippen molar-refractivity contribution in [2.75, 3.05) is 0 Å². The fourth-order valence-electron chi connectivity index (χ4n) is 2.23. The van der Waals surface area contributed by atoms with Gasteiger partial charge in [0, 0.05) is 6.04 Å².